The summed E-state index contributed by atoms with van der Waals surface area (Å²) in [4.78, 5) is 19.0. The van der Waals surface area contributed by atoms with Crippen molar-refractivity contribution in [2.45, 2.75) is 18.5 Å². The molecule has 1 aliphatic heterocycles. The first kappa shape index (κ1) is 13.0. The largest absolute Gasteiger partial charge is 0.544 e. The molecule has 0 fully saturated rings. The number of quaternary nitrogens is 1. The van der Waals surface area contributed by atoms with E-state index in [9.17, 15) is 9.90 Å². The monoisotopic (exact) mass is 293 g/mol. The van der Waals surface area contributed by atoms with Crippen LogP contribution < -0.4 is 10.4 Å². The number of aliphatic carboxylic acids is 1. The van der Waals surface area contributed by atoms with Crippen molar-refractivity contribution in [2.24, 2.45) is 0 Å². The molecule has 0 radical (unpaired) electrons. The third kappa shape index (κ3) is 1.98. The number of carboxylic acid groups (broad SMARTS) is 1. The van der Waals surface area contributed by atoms with Crippen molar-refractivity contribution in [3.8, 4) is 0 Å². The Kier molecular flexibility index (Phi) is 2.94. The third-order valence-electron chi connectivity index (χ3n) is 4.35. The number of nitrogens with zero attached hydrogens (tertiary/aromatic N) is 1. The van der Waals surface area contributed by atoms with E-state index in [2.05, 4.69) is 9.97 Å². The molecule has 0 saturated carbocycles. The van der Waals surface area contributed by atoms with E-state index in [0.717, 1.165) is 27.7 Å². The Balaban J connectivity index is 1.91. The van der Waals surface area contributed by atoms with Crippen molar-refractivity contribution in [1.82, 2.24) is 9.97 Å². The predicted octanol–water partition coefficient (Wildman–Crippen LogP) is -0.110. The number of fused-ring (bicyclic) bond motifs is 3. The first-order valence-corrected chi connectivity index (χ1v) is 7.29. The van der Waals surface area contributed by atoms with Crippen LogP contribution in [0.4, 0.5) is 0 Å². The lowest BCUT2D eigenvalue weighted by molar-refractivity contribution is -0.717. The molecule has 0 amide bonds. The van der Waals surface area contributed by atoms with E-state index in [4.69, 9.17) is 0 Å². The summed E-state index contributed by atoms with van der Waals surface area (Å²) in [5, 5.41) is 14.4. The average Bonchev–Trinajstić information content (AvgIpc) is 2.93. The van der Waals surface area contributed by atoms with Crippen molar-refractivity contribution in [2.75, 3.05) is 0 Å². The number of pyridine rings is 1. The topological polar surface area (TPSA) is 85.4 Å². The molecule has 1 aliphatic rings. The number of nitrogens with one attached hydrogen (secondary N) is 1. The van der Waals surface area contributed by atoms with Gasteiger partial charge in [0.25, 0.3) is 0 Å². The third-order valence-corrected chi connectivity index (χ3v) is 4.35. The normalized spacial score (nSPS) is 20.7. The predicted molar refractivity (Wildman–Crippen MR) is 78.8 cm³/mol. The molecule has 0 unspecified atom stereocenters. The maximum absolute atomic E-state index is 11.4. The number of hydrogen-bond donors (Lipinski definition) is 2. The molecule has 0 spiro atoms. The van der Waals surface area contributed by atoms with Crippen molar-refractivity contribution < 1.29 is 15.2 Å². The van der Waals surface area contributed by atoms with Crippen LogP contribution >= 0.6 is 0 Å². The number of carbonyl (C=O) groups is 1. The second kappa shape index (κ2) is 4.96. The second-order valence-electron chi connectivity index (χ2n) is 5.65. The van der Waals surface area contributed by atoms with Gasteiger partial charge in [0, 0.05) is 35.3 Å². The van der Waals surface area contributed by atoms with Gasteiger partial charge in [0.2, 0.25) is 0 Å². The van der Waals surface area contributed by atoms with Gasteiger partial charge in [-0.1, -0.05) is 18.2 Å². The summed E-state index contributed by atoms with van der Waals surface area (Å²) in [6.45, 7) is 0. The summed E-state index contributed by atoms with van der Waals surface area (Å²) in [5.41, 5.74) is 4.16. The average molecular weight is 293 g/mol. The lowest BCUT2D eigenvalue weighted by atomic mass is 9.91. The molecule has 2 atom stereocenters. The molecule has 0 bridgehead atoms. The zero-order valence-electron chi connectivity index (χ0n) is 11.8. The maximum atomic E-state index is 11.4. The van der Waals surface area contributed by atoms with Crippen molar-refractivity contribution in [3.63, 3.8) is 0 Å². The number of rotatable bonds is 2. The lowest BCUT2D eigenvalue weighted by Gasteiger charge is -2.28. The maximum Gasteiger partial charge on any atom is 0.154 e. The summed E-state index contributed by atoms with van der Waals surface area (Å²) in [7, 11) is 0. The Morgan fingerprint density at radius 2 is 2.14 bits per heavy atom. The van der Waals surface area contributed by atoms with Crippen molar-refractivity contribution in [3.05, 3.63) is 65.6 Å². The van der Waals surface area contributed by atoms with E-state index in [1.165, 1.54) is 0 Å². The van der Waals surface area contributed by atoms with Gasteiger partial charge in [-0.15, -0.1) is 0 Å². The van der Waals surface area contributed by atoms with Gasteiger partial charge in [-0.2, -0.15) is 0 Å². The van der Waals surface area contributed by atoms with Crippen molar-refractivity contribution in [1.29, 1.82) is 0 Å². The number of H-pyrrole nitrogens is 1. The second-order valence-corrected chi connectivity index (χ2v) is 5.65. The number of hydrogen-bond acceptors (Lipinski definition) is 3. The fourth-order valence-corrected chi connectivity index (χ4v) is 3.32. The smallest absolute Gasteiger partial charge is 0.154 e. The standard InChI is InChI=1S/C17H15N3O2/c21-17(22)14-8-12-11-5-1-2-6-13(11)19-16(12)15(20-14)10-4-3-7-18-9-10/h1-7,9,14-15,19-20H,8H2,(H,21,22)/t14-,15+/m0/s1. The number of carboxylic acids is 1. The molecule has 3 heterocycles. The number of benzene rings is 1. The van der Waals surface area contributed by atoms with Gasteiger partial charge in [0.15, 0.2) is 6.04 Å². The quantitative estimate of drug-likeness (QED) is 0.691. The van der Waals surface area contributed by atoms with Crippen LogP contribution in [0.25, 0.3) is 10.9 Å². The van der Waals surface area contributed by atoms with Gasteiger partial charge in [-0.25, -0.2) is 0 Å². The van der Waals surface area contributed by atoms with Gasteiger partial charge in [-0.05, 0) is 23.8 Å². The minimum atomic E-state index is -1.02. The molecule has 5 heteroatoms. The van der Waals surface area contributed by atoms with E-state index in [1.54, 1.807) is 12.4 Å². The fourth-order valence-electron chi connectivity index (χ4n) is 3.32. The summed E-state index contributed by atoms with van der Waals surface area (Å²) < 4.78 is 0. The van der Waals surface area contributed by atoms with E-state index < -0.39 is 12.0 Å². The van der Waals surface area contributed by atoms with E-state index in [-0.39, 0.29) is 6.04 Å². The zero-order chi connectivity index (χ0) is 15.1. The lowest BCUT2D eigenvalue weighted by Crippen LogP contribution is -2.95. The SMILES string of the molecule is O=C([O-])[C@@H]1Cc2c([nH]c3ccccc23)[C@@H](c2cccnc2)[NH2+]1. The fraction of sp³-hybridized carbons (Fsp3) is 0.176. The Bertz CT molecular complexity index is 841. The number of para-hydroxylation sites is 1. The highest BCUT2D eigenvalue weighted by Crippen LogP contribution is 2.31. The van der Waals surface area contributed by atoms with E-state index >= 15 is 0 Å². The number of carbonyl (C=O) groups excluding carboxylic acids is 1. The summed E-state index contributed by atoms with van der Waals surface area (Å²) in [5.74, 6) is -1.02. The highest BCUT2D eigenvalue weighted by Gasteiger charge is 2.34. The highest BCUT2D eigenvalue weighted by atomic mass is 16.4. The van der Waals surface area contributed by atoms with E-state index in [1.807, 2.05) is 41.7 Å². The van der Waals surface area contributed by atoms with Crippen LogP contribution in [0.15, 0.2) is 48.8 Å². The molecule has 0 saturated heterocycles. The van der Waals surface area contributed by atoms with Crippen LogP contribution in [0.5, 0.6) is 0 Å². The van der Waals surface area contributed by atoms with Gasteiger partial charge >= 0.3 is 0 Å². The Labute approximate surface area is 127 Å². The molecule has 3 aromatic rings. The molecule has 0 aliphatic carbocycles. The van der Waals surface area contributed by atoms with Crippen LogP contribution in [0.3, 0.4) is 0 Å². The number of aromatic amines is 1. The minimum absolute atomic E-state index is 0.104. The Morgan fingerprint density at radius 3 is 2.91 bits per heavy atom. The molecule has 22 heavy (non-hydrogen) atoms. The van der Waals surface area contributed by atoms with Crippen molar-refractivity contribution >= 4 is 16.9 Å². The molecule has 1 aromatic carbocycles. The van der Waals surface area contributed by atoms with Crippen LogP contribution in [-0.4, -0.2) is 22.0 Å². The molecular formula is C17H15N3O2. The van der Waals surface area contributed by atoms with Gasteiger partial charge in [0.1, 0.15) is 6.04 Å². The van der Waals surface area contributed by atoms with Crippen LogP contribution in [0.1, 0.15) is 22.9 Å². The van der Waals surface area contributed by atoms with Crippen LogP contribution in [-0.2, 0) is 11.2 Å². The number of nitrogens with two attached hydrogens (primary N) is 1. The van der Waals surface area contributed by atoms with Crippen LogP contribution in [0, 0.1) is 0 Å². The first-order valence-electron chi connectivity index (χ1n) is 7.29. The van der Waals surface area contributed by atoms with Gasteiger partial charge < -0.3 is 20.2 Å². The minimum Gasteiger partial charge on any atom is -0.544 e. The molecule has 3 N–H and O–H groups in total. The Morgan fingerprint density at radius 1 is 1.27 bits per heavy atom. The molecule has 4 rings (SSSR count). The number of aromatic nitrogens is 2. The molecule has 5 nitrogen and oxygen atoms in total. The van der Waals surface area contributed by atoms with Gasteiger partial charge in [-0.3, -0.25) is 4.98 Å². The summed E-state index contributed by atoms with van der Waals surface area (Å²) in [6, 6.07) is 11.1. The zero-order valence-corrected chi connectivity index (χ0v) is 11.8. The summed E-state index contributed by atoms with van der Waals surface area (Å²) >= 11 is 0. The van der Waals surface area contributed by atoms with Crippen LogP contribution in [0.2, 0.25) is 0 Å². The first-order chi connectivity index (χ1) is 10.7. The highest BCUT2D eigenvalue weighted by molar-refractivity contribution is 5.86. The molecular weight excluding hydrogens is 278 g/mol. The van der Waals surface area contributed by atoms with E-state index in [0.29, 0.717) is 6.42 Å². The summed E-state index contributed by atoms with van der Waals surface area (Å²) in [6.07, 6.45) is 3.97. The van der Waals surface area contributed by atoms with Gasteiger partial charge in [0.05, 0.1) is 11.7 Å². The molecule has 2 aromatic heterocycles. The Hall–Kier alpha value is -2.66. The molecule has 110 valence electrons.